The predicted molar refractivity (Wildman–Crippen MR) is 71.4 cm³/mol. The van der Waals surface area contributed by atoms with Gasteiger partial charge in [0.2, 0.25) is 0 Å². The van der Waals surface area contributed by atoms with E-state index in [1.807, 2.05) is 0 Å². The van der Waals surface area contributed by atoms with Crippen molar-refractivity contribution < 1.29 is 0 Å². The standard InChI is InChI=1S/C12H20P2/c1-13(2)9-11-6-5-7-12(8-11)10-14(3)4/h5-8H,9-10H2,1-4H3. The van der Waals surface area contributed by atoms with E-state index >= 15 is 0 Å². The van der Waals surface area contributed by atoms with Crippen LogP contribution in [0.4, 0.5) is 0 Å². The minimum atomic E-state index is 0.196. The highest BCUT2D eigenvalue weighted by Gasteiger charge is 2.00. The van der Waals surface area contributed by atoms with Gasteiger partial charge in [-0.25, -0.2) is 0 Å². The van der Waals surface area contributed by atoms with Crippen LogP contribution in [0.3, 0.4) is 0 Å². The number of benzene rings is 1. The molecule has 0 aliphatic rings. The molecule has 0 spiro atoms. The topological polar surface area (TPSA) is 0 Å². The van der Waals surface area contributed by atoms with Crippen molar-refractivity contribution in [3.63, 3.8) is 0 Å². The van der Waals surface area contributed by atoms with Gasteiger partial charge in [0.1, 0.15) is 0 Å². The van der Waals surface area contributed by atoms with Gasteiger partial charge >= 0.3 is 0 Å². The summed E-state index contributed by atoms with van der Waals surface area (Å²) >= 11 is 0. The fourth-order valence-corrected chi connectivity index (χ4v) is 3.41. The van der Waals surface area contributed by atoms with Crippen LogP contribution in [0.1, 0.15) is 11.1 Å². The van der Waals surface area contributed by atoms with Crippen molar-refractivity contribution in [3.05, 3.63) is 35.4 Å². The van der Waals surface area contributed by atoms with E-state index in [2.05, 4.69) is 50.9 Å². The lowest BCUT2D eigenvalue weighted by Gasteiger charge is -2.09. The van der Waals surface area contributed by atoms with Crippen LogP contribution in [-0.4, -0.2) is 26.7 Å². The largest absolute Gasteiger partial charge is 0.109 e. The molecule has 1 aromatic carbocycles. The Bertz CT molecular complexity index is 254. The smallest absolute Gasteiger partial charge is 0.00779 e. The molecular weight excluding hydrogens is 206 g/mol. The summed E-state index contributed by atoms with van der Waals surface area (Å²) in [5.74, 6) is 0. The van der Waals surface area contributed by atoms with E-state index < -0.39 is 0 Å². The van der Waals surface area contributed by atoms with Gasteiger partial charge < -0.3 is 0 Å². The van der Waals surface area contributed by atoms with E-state index in [0.29, 0.717) is 0 Å². The predicted octanol–water partition coefficient (Wildman–Crippen LogP) is 4.17. The van der Waals surface area contributed by atoms with Crippen LogP contribution in [0.5, 0.6) is 0 Å². The molecule has 0 unspecified atom stereocenters. The molecule has 1 aromatic rings. The first kappa shape index (κ1) is 12.2. The van der Waals surface area contributed by atoms with Crippen molar-refractivity contribution in [1.82, 2.24) is 0 Å². The van der Waals surface area contributed by atoms with Gasteiger partial charge in [-0.2, -0.15) is 0 Å². The van der Waals surface area contributed by atoms with Crippen molar-refractivity contribution in [1.29, 1.82) is 0 Å². The Morgan fingerprint density at radius 1 is 0.857 bits per heavy atom. The van der Waals surface area contributed by atoms with Gasteiger partial charge in [-0.3, -0.25) is 0 Å². The first-order valence-corrected chi connectivity index (χ1v) is 9.79. The molecule has 0 aliphatic heterocycles. The van der Waals surface area contributed by atoms with Gasteiger partial charge in [0, 0.05) is 0 Å². The monoisotopic (exact) mass is 226 g/mol. The summed E-state index contributed by atoms with van der Waals surface area (Å²) in [6.07, 6.45) is 2.54. The van der Waals surface area contributed by atoms with Crippen molar-refractivity contribution >= 4 is 15.8 Å². The van der Waals surface area contributed by atoms with E-state index in [1.54, 1.807) is 0 Å². The highest BCUT2D eigenvalue weighted by molar-refractivity contribution is 7.55. The zero-order valence-electron chi connectivity index (χ0n) is 9.62. The molecule has 14 heavy (non-hydrogen) atoms. The molecular formula is C12H20P2. The lowest BCUT2D eigenvalue weighted by Crippen LogP contribution is -1.87. The van der Waals surface area contributed by atoms with Crippen LogP contribution in [0.25, 0.3) is 0 Å². The molecule has 2 heteroatoms. The second-order valence-electron chi connectivity index (χ2n) is 4.30. The Morgan fingerprint density at radius 3 is 1.64 bits per heavy atom. The molecule has 78 valence electrons. The van der Waals surface area contributed by atoms with Gasteiger partial charge in [-0.1, -0.05) is 24.3 Å². The molecule has 0 aliphatic carbocycles. The van der Waals surface area contributed by atoms with Crippen molar-refractivity contribution in [2.45, 2.75) is 12.3 Å². The quantitative estimate of drug-likeness (QED) is 0.676. The molecule has 0 N–H and O–H groups in total. The van der Waals surface area contributed by atoms with Crippen LogP contribution in [0, 0.1) is 0 Å². The molecule has 0 saturated heterocycles. The Morgan fingerprint density at radius 2 is 1.29 bits per heavy atom. The third kappa shape index (κ3) is 4.54. The van der Waals surface area contributed by atoms with Gasteiger partial charge in [-0.15, -0.1) is 15.8 Å². The summed E-state index contributed by atoms with van der Waals surface area (Å²) in [6, 6.07) is 9.13. The van der Waals surface area contributed by atoms with Crippen LogP contribution in [0.2, 0.25) is 0 Å². The molecule has 0 radical (unpaired) electrons. The van der Waals surface area contributed by atoms with Crippen LogP contribution in [-0.2, 0) is 12.3 Å². The summed E-state index contributed by atoms with van der Waals surface area (Å²) in [6.45, 7) is 9.37. The van der Waals surface area contributed by atoms with Crippen molar-refractivity contribution in [3.8, 4) is 0 Å². The molecule has 0 heterocycles. The second kappa shape index (κ2) is 5.84. The molecule has 0 bridgehead atoms. The molecule has 0 atom stereocenters. The third-order valence-corrected chi connectivity index (χ3v) is 3.98. The first-order chi connectivity index (χ1) is 6.58. The molecule has 0 aromatic heterocycles. The van der Waals surface area contributed by atoms with Crippen LogP contribution < -0.4 is 0 Å². The van der Waals surface area contributed by atoms with E-state index in [1.165, 1.54) is 23.5 Å². The highest BCUT2D eigenvalue weighted by atomic mass is 31.1. The summed E-state index contributed by atoms with van der Waals surface area (Å²) in [4.78, 5) is 0. The van der Waals surface area contributed by atoms with Crippen molar-refractivity contribution in [2.75, 3.05) is 26.7 Å². The van der Waals surface area contributed by atoms with Gasteiger partial charge in [0.05, 0.1) is 0 Å². The minimum Gasteiger partial charge on any atom is -0.109 e. The molecule has 0 amide bonds. The Labute approximate surface area is 90.6 Å². The normalized spacial score (nSPS) is 11.3. The van der Waals surface area contributed by atoms with E-state index in [-0.39, 0.29) is 15.8 Å². The van der Waals surface area contributed by atoms with E-state index in [9.17, 15) is 0 Å². The summed E-state index contributed by atoms with van der Waals surface area (Å²) in [5, 5.41) is 0. The maximum atomic E-state index is 2.39. The fraction of sp³-hybridized carbons (Fsp3) is 0.500. The van der Waals surface area contributed by atoms with E-state index in [0.717, 1.165) is 0 Å². The maximum Gasteiger partial charge on any atom is -0.00779 e. The Hall–Kier alpha value is 0.0800. The molecule has 1 rings (SSSR count). The summed E-state index contributed by atoms with van der Waals surface area (Å²) in [5.41, 5.74) is 3.05. The van der Waals surface area contributed by atoms with Gasteiger partial charge in [-0.05, 0) is 50.1 Å². The molecule has 0 fully saturated rings. The van der Waals surface area contributed by atoms with Crippen LogP contribution >= 0.6 is 15.8 Å². The molecule has 0 nitrogen and oxygen atoms in total. The first-order valence-electron chi connectivity index (χ1n) is 4.95. The van der Waals surface area contributed by atoms with Gasteiger partial charge in [0.25, 0.3) is 0 Å². The van der Waals surface area contributed by atoms with E-state index in [4.69, 9.17) is 0 Å². The highest BCUT2D eigenvalue weighted by Crippen LogP contribution is 2.33. The number of rotatable bonds is 4. The zero-order valence-corrected chi connectivity index (χ0v) is 11.4. The van der Waals surface area contributed by atoms with Gasteiger partial charge in [0.15, 0.2) is 0 Å². The fourth-order valence-electron chi connectivity index (χ4n) is 1.56. The summed E-state index contributed by atoms with van der Waals surface area (Å²) < 4.78 is 0. The van der Waals surface area contributed by atoms with Crippen LogP contribution in [0.15, 0.2) is 24.3 Å². The SMILES string of the molecule is CP(C)Cc1cccc(CP(C)C)c1. The number of hydrogen-bond acceptors (Lipinski definition) is 0. The maximum absolute atomic E-state index is 2.39. The second-order valence-corrected chi connectivity index (χ2v) is 9.25. The minimum absolute atomic E-state index is 0.196. The number of hydrogen-bond donors (Lipinski definition) is 0. The zero-order chi connectivity index (χ0) is 10.6. The Balaban J connectivity index is 2.68. The average Bonchev–Trinajstić information content (AvgIpc) is 2.01. The molecule has 0 saturated carbocycles. The third-order valence-electron chi connectivity index (χ3n) is 1.99. The van der Waals surface area contributed by atoms with Crippen molar-refractivity contribution in [2.24, 2.45) is 0 Å². The lowest BCUT2D eigenvalue weighted by molar-refractivity contribution is 1.31. The summed E-state index contributed by atoms with van der Waals surface area (Å²) in [7, 11) is 0.392. The lowest BCUT2D eigenvalue weighted by atomic mass is 10.2. The average molecular weight is 226 g/mol. The Kier molecular flexibility index (Phi) is 5.07.